The van der Waals surface area contributed by atoms with Gasteiger partial charge in [-0.05, 0) is 18.6 Å². The maximum Gasteiger partial charge on any atom is 0.320 e. The number of nitrogens with zero attached hydrogens (tertiary/aromatic N) is 1. The molecule has 0 bridgehead atoms. The van der Waals surface area contributed by atoms with Gasteiger partial charge in [-0.3, -0.25) is 14.9 Å². The molecule has 2 rings (SSSR count). The third-order valence-electron chi connectivity index (χ3n) is 3.14. The van der Waals surface area contributed by atoms with E-state index in [1.54, 1.807) is 6.92 Å². The van der Waals surface area contributed by atoms with Gasteiger partial charge in [0.25, 0.3) is 5.69 Å². The molecule has 1 atom stereocenters. The molecule has 2 aromatic rings. The van der Waals surface area contributed by atoms with E-state index in [0.29, 0.717) is 21.7 Å². The number of nitrogens with one attached hydrogen (secondary N) is 1. The topological polar surface area (TPSA) is 122 Å². The number of benzene rings is 1. The highest BCUT2D eigenvalue weighted by Crippen LogP contribution is 2.35. The van der Waals surface area contributed by atoms with Gasteiger partial charge in [0.2, 0.25) is 0 Å². The van der Waals surface area contributed by atoms with Crippen LogP contribution in [0, 0.1) is 17.0 Å². The number of hydrogen-bond donors (Lipinski definition) is 3. The maximum absolute atomic E-state index is 11.0. The average molecular weight is 298 g/mol. The highest BCUT2D eigenvalue weighted by atomic mass is 35.5. The molecule has 0 saturated carbocycles. The van der Waals surface area contributed by atoms with Gasteiger partial charge in [-0.25, -0.2) is 0 Å². The van der Waals surface area contributed by atoms with Crippen LogP contribution in [0.4, 0.5) is 5.69 Å². The van der Waals surface area contributed by atoms with E-state index in [9.17, 15) is 14.9 Å². The van der Waals surface area contributed by atoms with Gasteiger partial charge in [-0.2, -0.15) is 0 Å². The summed E-state index contributed by atoms with van der Waals surface area (Å²) < 4.78 is 0. The fraction of sp³-hybridized carbons (Fsp3) is 0.250. The van der Waals surface area contributed by atoms with Gasteiger partial charge in [-0.1, -0.05) is 11.6 Å². The van der Waals surface area contributed by atoms with Crippen LogP contribution in [0.15, 0.2) is 12.1 Å². The Morgan fingerprint density at radius 1 is 1.60 bits per heavy atom. The van der Waals surface area contributed by atoms with Crippen LogP contribution in [0.3, 0.4) is 0 Å². The molecule has 1 unspecified atom stereocenters. The molecule has 7 nitrogen and oxygen atoms in total. The number of aromatic amines is 1. The van der Waals surface area contributed by atoms with E-state index in [4.69, 9.17) is 22.4 Å². The minimum absolute atomic E-state index is 0.0437. The van der Waals surface area contributed by atoms with E-state index in [2.05, 4.69) is 4.98 Å². The molecule has 0 spiro atoms. The Kier molecular flexibility index (Phi) is 3.65. The molecule has 0 aliphatic carbocycles. The Morgan fingerprint density at radius 2 is 2.25 bits per heavy atom. The van der Waals surface area contributed by atoms with Crippen molar-refractivity contribution >= 4 is 34.2 Å². The fourth-order valence-electron chi connectivity index (χ4n) is 2.15. The van der Waals surface area contributed by atoms with Crippen LogP contribution in [-0.4, -0.2) is 27.0 Å². The molecule has 0 amide bonds. The highest BCUT2D eigenvalue weighted by Gasteiger charge is 2.23. The molecule has 1 aromatic carbocycles. The zero-order valence-corrected chi connectivity index (χ0v) is 11.3. The summed E-state index contributed by atoms with van der Waals surface area (Å²) in [6, 6.07) is 1.63. The molecular weight excluding hydrogens is 286 g/mol. The number of aromatic nitrogens is 1. The SMILES string of the molecule is Cc1[nH]c2c([N+](=O)[O-])ccc(Cl)c2c1CC(N)C(=O)O. The summed E-state index contributed by atoms with van der Waals surface area (Å²) in [5, 5.41) is 20.7. The van der Waals surface area contributed by atoms with Gasteiger partial charge in [-0.15, -0.1) is 0 Å². The van der Waals surface area contributed by atoms with E-state index in [1.807, 2.05) is 0 Å². The van der Waals surface area contributed by atoms with Gasteiger partial charge >= 0.3 is 5.97 Å². The molecule has 1 aromatic heterocycles. The van der Waals surface area contributed by atoms with Crippen molar-refractivity contribution in [1.29, 1.82) is 0 Å². The molecule has 1 heterocycles. The van der Waals surface area contributed by atoms with Crippen LogP contribution in [0.25, 0.3) is 10.9 Å². The first kappa shape index (κ1) is 14.3. The van der Waals surface area contributed by atoms with Crippen LogP contribution in [0.1, 0.15) is 11.3 Å². The van der Waals surface area contributed by atoms with Crippen molar-refractivity contribution < 1.29 is 14.8 Å². The number of non-ortho nitro benzene ring substituents is 1. The zero-order valence-electron chi connectivity index (χ0n) is 10.5. The number of hydrogen-bond acceptors (Lipinski definition) is 4. The van der Waals surface area contributed by atoms with Crippen LogP contribution < -0.4 is 5.73 Å². The Labute approximate surface area is 118 Å². The first-order valence-corrected chi connectivity index (χ1v) is 6.13. The molecule has 8 heteroatoms. The number of aryl methyl sites for hydroxylation is 1. The first-order valence-electron chi connectivity index (χ1n) is 5.75. The summed E-state index contributed by atoms with van der Waals surface area (Å²) in [6.45, 7) is 1.70. The Bertz CT molecular complexity index is 710. The minimum atomic E-state index is -1.14. The molecule has 4 N–H and O–H groups in total. The number of H-pyrrole nitrogens is 1. The second-order valence-electron chi connectivity index (χ2n) is 4.45. The van der Waals surface area contributed by atoms with E-state index < -0.39 is 16.9 Å². The number of halogens is 1. The van der Waals surface area contributed by atoms with Crippen molar-refractivity contribution in [2.45, 2.75) is 19.4 Å². The van der Waals surface area contributed by atoms with Crippen molar-refractivity contribution in [2.75, 3.05) is 0 Å². The molecule has 0 radical (unpaired) electrons. The summed E-state index contributed by atoms with van der Waals surface area (Å²) in [5.41, 5.74) is 6.91. The normalized spacial score (nSPS) is 12.6. The summed E-state index contributed by atoms with van der Waals surface area (Å²) in [5.74, 6) is -1.14. The third kappa shape index (κ3) is 2.33. The van der Waals surface area contributed by atoms with Crippen LogP contribution in [0.2, 0.25) is 5.02 Å². The lowest BCUT2D eigenvalue weighted by Gasteiger charge is -2.07. The molecule has 0 aliphatic rings. The zero-order chi connectivity index (χ0) is 15.0. The fourth-order valence-corrected chi connectivity index (χ4v) is 2.42. The molecule has 0 aliphatic heterocycles. The maximum atomic E-state index is 11.0. The van der Waals surface area contributed by atoms with Crippen molar-refractivity contribution in [3.8, 4) is 0 Å². The smallest absolute Gasteiger partial charge is 0.320 e. The van der Waals surface area contributed by atoms with Crippen molar-refractivity contribution in [2.24, 2.45) is 5.73 Å². The largest absolute Gasteiger partial charge is 0.480 e. The van der Waals surface area contributed by atoms with Crippen molar-refractivity contribution in [3.63, 3.8) is 0 Å². The van der Waals surface area contributed by atoms with Crippen molar-refractivity contribution in [3.05, 3.63) is 38.5 Å². The summed E-state index contributed by atoms with van der Waals surface area (Å²) in [7, 11) is 0. The Hall–Kier alpha value is -2.12. The van der Waals surface area contributed by atoms with Gasteiger partial charge in [0.15, 0.2) is 0 Å². The summed E-state index contributed by atoms with van der Waals surface area (Å²) >= 11 is 6.08. The minimum Gasteiger partial charge on any atom is -0.480 e. The lowest BCUT2D eigenvalue weighted by molar-refractivity contribution is -0.383. The summed E-state index contributed by atoms with van der Waals surface area (Å²) in [6.07, 6.45) is 0.0437. The van der Waals surface area contributed by atoms with E-state index >= 15 is 0 Å². The number of rotatable bonds is 4. The van der Waals surface area contributed by atoms with Crippen LogP contribution in [-0.2, 0) is 11.2 Å². The van der Waals surface area contributed by atoms with E-state index in [0.717, 1.165) is 0 Å². The third-order valence-corrected chi connectivity index (χ3v) is 3.45. The van der Waals surface area contributed by atoms with Crippen LogP contribution >= 0.6 is 11.6 Å². The molecule has 106 valence electrons. The molecule has 20 heavy (non-hydrogen) atoms. The molecule has 0 saturated heterocycles. The first-order chi connectivity index (χ1) is 9.32. The lowest BCUT2D eigenvalue weighted by atomic mass is 10.0. The summed E-state index contributed by atoms with van der Waals surface area (Å²) in [4.78, 5) is 24.2. The second kappa shape index (κ2) is 5.10. The number of carbonyl (C=O) groups is 1. The Morgan fingerprint density at radius 3 is 2.80 bits per heavy atom. The van der Waals surface area contributed by atoms with E-state index in [1.165, 1.54) is 12.1 Å². The van der Waals surface area contributed by atoms with Gasteiger partial charge in [0, 0.05) is 23.6 Å². The van der Waals surface area contributed by atoms with Gasteiger partial charge < -0.3 is 15.8 Å². The monoisotopic (exact) mass is 297 g/mol. The quantitative estimate of drug-likeness (QED) is 0.588. The number of carboxylic acids is 1. The average Bonchev–Trinajstić information content (AvgIpc) is 2.67. The lowest BCUT2D eigenvalue weighted by Crippen LogP contribution is -2.32. The van der Waals surface area contributed by atoms with Gasteiger partial charge in [0.1, 0.15) is 11.6 Å². The molecular formula is C12H12ClN3O4. The highest BCUT2D eigenvalue weighted by molar-refractivity contribution is 6.36. The predicted octanol–water partition coefficient (Wildman–Crippen LogP) is 1.99. The van der Waals surface area contributed by atoms with E-state index in [-0.39, 0.29) is 17.6 Å². The number of nitro benzene ring substituents is 1. The number of aliphatic carboxylic acids is 1. The van der Waals surface area contributed by atoms with Crippen molar-refractivity contribution in [1.82, 2.24) is 4.98 Å². The Balaban J connectivity index is 2.67. The standard InChI is InChI=1S/C12H12ClN3O4/c1-5-6(4-8(14)12(17)18)10-7(13)2-3-9(16(19)20)11(10)15-5/h2-3,8,15H,4,14H2,1H3,(H,17,18). The number of carboxylic acid groups (broad SMARTS) is 1. The van der Waals surface area contributed by atoms with Gasteiger partial charge in [0.05, 0.1) is 9.95 Å². The number of fused-ring (bicyclic) bond motifs is 1. The number of nitrogens with two attached hydrogens (primary N) is 1. The predicted molar refractivity (Wildman–Crippen MR) is 74.0 cm³/mol. The number of nitro groups is 1. The van der Waals surface area contributed by atoms with Crippen LogP contribution in [0.5, 0.6) is 0 Å². The second-order valence-corrected chi connectivity index (χ2v) is 4.86. The molecule has 0 fully saturated rings.